The maximum Gasteiger partial charge on any atom is 0.339 e. The van der Waals surface area contributed by atoms with Crippen molar-refractivity contribution >= 4 is 17.6 Å². The summed E-state index contributed by atoms with van der Waals surface area (Å²) < 4.78 is 5.44. The van der Waals surface area contributed by atoms with Crippen LogP contribution in [-0.2, 0) is 6.61 Å². The average Bonchev–Trinajstić information content (AvgIpc) is 2.38. The molecule has 0 spiro atoms. The summed E-state index contributed by atoms with van der Waals surface area (Å²) in [6.07, 6.45) is 2.78. The van der Waals surface area contributed by atoms with Crippen LogP contribution in [0.25, 0.3) is 0 Å². The number of hydrogen-bond acceptors (Lipinski definition) is 3. The standard InChI is InChI=1S/C13H10ClNO3/c14-11-4-2-1-3-9(11)8-18-12-7-15-6-5-10(12)13(16)17/h1-7H,8H2,(H,16,17). The normalized spacial score (nSPS) is 10.1. The molecular formula is C13H10ClNO3. The van der Waals surface area contributed by atoms with Crippen molar-refractivity contribution in [1.29, 1.82) is 0 Å². The fourth-order valence-electron chi connectivity index (χ4n) is 1.44. The molecule has 0 bridgehead atoms. The first-order valence-electron chi connectivity index (χ1n) is 5.22. The highest BCUT2D eigenvalue weighted by atomic mass is 35.5. The van der Waals surface area contributed by atoms with Gasteiger partial charge in [0.2, 0.25) is 0 Å². The third-order valence-electron chi connectivity index (χ3n) is 2.36. The molecule has 0 atom stereocenters. The minimum absolute atomic E-state index is 0.0806. The number of aromatic carboxylic acids is 1. The zero-order valence-electron chi connectivity index (χ0n) is 9.34. The predicted molar refractivity (Wildman–Crippen MR) is 67.0 cm³/mol. The largest absolute Gasteiger partial charge is 0.486 e. The Labute approximate surface area is 109 Å². The first kappa shape index (κ1) is 12.4. The number of pyridine rings is 1. The van der Waals surface area contributed by atoms with E-state index >= 15 is 0 Å². The molecule has 0 radical (unpaired) electrons. The van der Waals surface area contributed by atoms with E-state index in [9.17, 15) is 4.79 Å². The summed E-state index contributed by atoms with van der Waals surface area (Å²) in [4.78, 5) is 14.8. The molecule has 0 saturated carbocycles. The number of rotatable bonds is 4. The van der Waals surface area contributed by atoms with Gasteiger partial charge in [-0.3, -0.25) is 4.98 Å². The molecule has 1 aromatic carbocycles. The van der Waals surface area contributed by atoms with Crippen LogP contribution in [0.15, 0.2) is 42.7 Å². The molecule has 2 rings (SSSR count). The topological polar surface area (TPSA) is 59.4 Å². The van der Waals surface area contributed by atoms with E-state index in [0.29, 0.717) is 5.02 Å². The van der Waals surface area contributed by atoms with Gasteiger partial charge in [-0.15, -0.1) is 0 Å². The van der Waals surface area contributed by atoms with E-state index in [2.05, 4.69) is 4.98 Å². The second-order valence-corrected chi connectivity index (χ2v) is 3.96. The van der Waals surface area contributed by atoms with Gasteiger partial charge >= 0.3 is 5.97 Å². The van der Waals surface area contributed by atoms with Crippen molar-refractivity contribution in [3.63, 3.8) is 0 Å². The summed E-state index contributed by atoms with van der Waals surface area (Å²) in [6, 6.07) is 8.62. The summed E-state index contributed by atoms with van der Waals surface area (Å²) in [6.45, 7) is 0.200. The summed E-state index contributed by atoms with van der Waals surface area (Å²) in [5.41, 5.74) is 0.872. The molecule has 4 nitrogen and oxygen atoms in total. The van der Waals surface area contributed by atoms with Crippen molar-refractivity contribution in [3.8, 4) is 5.75 Å². The number of ether oxygens (including phenoxy) is 1. The third kappa shape index (κ3) is 2.78. The Balaban J connectivity index is 2.16. The van der Waals surface area contributed by atoms with Crippen molar-refractivity contribution in [2.75, 3.05) is 0 Å². The van der Waals surface area contributed by atoms with E-state index in [1.165, 1.54) is 18.5 Å². The zero-order valence-corrected chi connectivity index (χ0v) is 10.1. The molecule has 5 heteroatoms. The molecule has 18 heavy (non-hydrogen) atoms. The first-order chi connectivity index (χ1) is 8.68. The van der Waals surface area contributed by atoms with Crippen LogP contribution in [0.5, 0.6) is 5.75 Å². The van der Waals surface area contributed by atoms with Gasteiger partial charge in [-0.05, 0) is 12.1 Å². The Hall–Kier alpha value is -2.07. The molecule has 0 fully saturated rings. The molecule has 1 aromatic heterocycles. The zero-order chi connectivity index (χ0) is 13.0. The van der Waals surface area contributed by atoms with Crippen molar-refractivity contribution in [1.82, 2.24) is 4.98 Å². The number of carboxylic acid groups (broad SMARTS) is 1. The van der Waals surface area contributed by atoms with Crippen molar-refractivity contribution in [3.05, 3.63) is 58.9 Å². The molecule has 0 unspecified atom stereocenters. The number of hydrogen-bond donors (Lipinski definition) is 1. The fourth-order valence-corrected chi connectivity index (χ4v) is 1.63. The Morgan fingerprint density at radius 3 is 2.83 bits per heavy atom. The van der Waals surface area contributed by atoms with Crippen molar-refractivity contribution < 1.29 is 14.6 Å². The molecule has 0 amide bonds. The highest BCUT2D eigenvalue weighted by Crippen LogP contribution is 2.20. The van der Waals surface area contributed by atoms with Crippen LogP contribution in [0.4, 0.5) is 0 Å². The van der Waals surface area contributed by atoms with Gasteiger partial charge in [0.1, 0.15) is 12.2 Å². The van der Waals surface area contributed by atoms with Crippen LogP contribution in [0.1, 0.15) is 15.9 Å². The Morgan fingerprint density at radius 2 is 2.11 bits per heavy atom. The van der Waals surface area contributed by atoms with Gasteiger partial charge in [-0.2, -0.15) is 0 Å². The number of nitrogens with zero attached hydrogens (tertiary/aromatic N) is 1. The lowest BCUT2D eigenvalue weighted by Crippen LogP contribution is -2.04. The maximum absolute atomic E-state index is 11.0. The van der Waals surface area contributed by atoms with Crippen LogP contribution in [0.2, 0.25) is 5.02 Å². The van der Waals surface area contributed by atoms with Crippen LogP contribution in [0.3, 0.4) is 0 Å². The Bertz CT molecular complexity index is 572. The summed E-state index contributed by atoms with van der Waals surface area (Å²) in [5, 5.41) is 9.57. The summed E-state index contributed by atoms with van der Waals surface area (Å²) >= 11 is 5.98. The smallest absolute Gasteiger partial charge is 0.339 e. The quantitative estimate of drug-likeness (QED) is 0.921. The van der Waals surface area contributed by atoms with Crippen LogP contribution < -0.4 is 4.74 Å². The van der Waals surface area contributed by atoms with Gasteiger partial charge in [0.15, 0.2) is 5.75 Å². The highest BCUT2D eigenvalue weighted by molar-refractivity contribution is 6.31. The minimum atomic E-state index is -1.05. The molecule has 92 valence electrons. The summed E-state index contributed by atoms with van der Waals surface area (Å²) in [7, 11) is 0. The van der Waals surface area contributed by atoms with Crippen LogP contribution in [-0.4, -0.2) is 16.1 Å². The molecule has 0 aliphatic carbocycles. The molecule has 1 heterocycles. The van der Waals surface area contributed by atoms with Gasteiger partial charge < -0.3 is 9.84 Å². The predicted octanol–water partition coefficient (Wildman–Crippen LogP) is 3.01. The van der Waals surface area contributed by atoms with E-state index in [-0.39, 0.29) is 17.9 Å². The van der Waals surface area contributed by atoms with Crippen molar-refractivity contribution in [2.45, 2.75) is 6.61 Å². The van der Waals surface area contributed by atoms with Gasteiger partial charge in [0.05, 0.1) is 6.20 Å². The summed E-state index contributed by atoms with van der Waals surface area (Å²) in [5.74, 6) is -0.823. The molecular weight excluding hydrogens is 254 g/mol. The van der Waals surface area contributed by atoms with Gasteiger partial charge in [0.25, 0.3) is 0 Å². The third-order valence-corrected chi connectivity index (χ3v) is 2.72. The molecule has 0 aliphatic rings. The lowest BCUT2D eigenvalue weighted by atomic mass is 10.2. The Kier molecular flexibility index (Phi) is 3.79. The van der Waals surface area contributed by atoms with Crippen molar-refractivity contribution in [2.24, 2.45) is 0 Å². The second-order valence-electron chi connectivity index (χ2n) is 3.56. The van der Waals surface area contributed by atoms with Gasteiger partial charge in [0, 0.05) is 16.8 Å². The molecule has 0 saturated heterocycles. The SMILES string of the molecule is O=C(O)c1ccncc1OCc1ccccc1Cl. The number of aromatic nitrogens is 1. The van der Waals surface area contributed by atoms with E-state index in [4.69, 9.17) is 21.4 Å². The molecule has 2 aromatic rings. The maximum atomic E-state index is 11.0. The number of carbonyl (C=O) groups is 1. The molecule has 1 N–H and O–H groups in total. The number of benzene rings is 1. The Morgan fingerprint density at radius 1 is 1.33 bits per heavy atom. The van der Waals surface area contributed by atoms with E-state index in [0.717, 1.165) is 5.56 Å². The van der Waals surface area contributed by atoms with Gasteiger partial charge in [-0.25, -0.2) is 4.79 Å². The lowest BCUT2D eigenvalue weighted by molar-refractivity contribution is 0.0691. The van der Waals surface area contributed by atoms with E-state index in [1.54, 1.807) is 6.07 Å². The van der Waals surface area contributed by atoms with Crippen LogP contribution >= 0.6 is 11.6 Å². The highest BCUT2D eigenvalue weighted by Gasteiger charge is 2.11. The fraction of sp³-hybridized carbons (Fsp3) is 0.0769. The minimum Gasteiger partial charge on any atom is -0.486 e. The van der Waals surface area contributed by atoms with Crippen LogP contribution in [0, 0.1) is 0 Å². The lowest BCUT2D eigenvalue weighted by Gasteiger charge is -2.09. The number of carboxylic acids is 1. The van der Waals surface area contributed by atoms with Gasteiger partial charge in [-0.1, -0.05) is 29.8 Å². The average molecular weight is 264 g/mol. The second kappa shape index (κ2) is 5.51. The van der Waals surface area contributed by atoms with E-state index in [1.807, 2.05) is 18.2 Å². The monoisotopic (exact) mass is 263 g/mol. The van der Waals surface area contributed by atoms with E-state index < -0.39 is 5.97 Å². The molecule has 0 aliphatic heterocycles. The first-order valence-corrected chi connectivity index (χ1v) is 5.60. The number of halogens is 1.